The highest BCUT2D eigenvalue weighted by atomic mass is 19.4. The molecule has 75 heavy (non-hydrogen) atoms. The molecule has 1 fully saturated rings. The van der Waals surface area contributed by atoms with Crippen LogP contribution in [0.5, 0.6) is 0 Å². The van der Waals surface area contributed by atoms with Crippen LogP contribution < -0.4 is 77.8 Å². The fraction of sp³-hybridized carbons (Fsp3) is 0.727. The van der Waals surface area contributed by atoms with Crippen molar-refractivity contribution in [1.82, 2.24) is 36.8 Å². The highest BCUT2D eigenvalue weighted by molar-refractivity contribution is 5.98. The van der Waals surface area contributed by atoms with Gasteiger partial charge in [0.2, 0.25) is 41.4 Å². The average Bonchev–Trinajstić information content (AvgIpc) is 3.86. The molecular formula is C44H79F3N16O12. The average molecular weight is 1080 g/mol. The van der Waals surface area contributed by atoms with E-state index in [1.54, 1.807) is 0 Å². The Bertz CT molecular complexity index is 1950. The second-order valence-electron chi connectivity index (χ2n) is 17.8. The third-order valence-corrected chi connectivity index (χ3v) is 11.8. The maximum absolute atomic E-state index is 14.0. The number of aliphatic imine (C=N–C) groups is 1. The predicted molar refractivity (Wildman–Crippen MR) is 266 cm³/mol. The Morgan fingerprint density at radius 3 is 1.83 bits per heavy atom. The summed E-state index contributed by atoms with van der Waals surface area (Å²) in [6.45, 7) is -1.55. The molecule has 25 N–H and O–H groups in total. The molecule has 0 spiro atoms. The number of hydrogen-bond acceptors (Lipinski definition) is 18. The number of likely N-dealkylation sites (tertiary alicyclic amines) is 1. The molecule has 0 aromatic heterocycles. The summed E-state index contributed by atoms with van der Waals surface area (Å²) in [4.78, 5) is 124. The molecule has 1 heterocycles. The van der Waals surface area contributed by atoms with Crippen LogP contribution in [0.25, 0.3) is 0 Å². The number of nitrogens with two attached hydrogens (primary N) is 8. The van der Waals surface area contributed by atoms with E-state index in [9.17, 15) is 71.6 Å². The minimum Gasteiger partial charge on any atom is -0.478 e. The smallest absolute Gasteiger partial charge is 0.391 e. The first-order valence-corrected chi connectivity index (χ1v) is 24.6. The van der Waals surface area contributed by atoms with Crippen LogP contribution in [0.1, 0.15) is 89.9 Å². The highest BCUT2D eigenvalue weighted by Gasteiger charge is 2.42. The standard InChI is InChI=1S/C44H79F3N16O12/c45-44(46,47)20-28(37(69)59-26(10-2-4-16-49)30(64)14-13-24(42(74)75)8-6-18-56-43(54)55)60-38(70)29-12-7-19-63(29)41(73)27(11-5-17-50)58-33(67)23-57-39(71)34(31(65)21-51)62-40(72)35(32(66)22-52)61-36(68)25(53)9-1-3-15-48/h8,25-29,31-32,34-35,65-66H,1-7,9-23,48-53H2,(H,57,71)(H,58,67)(H,59,69)(H,60,70)(H,61,68)(H,62,72)(H,74,75)(H4,54,55,56)/b24-8+/t25-,26-,27+,28-,29-,31-,32-,34-,35-/m0/s1. The molecule has 28 nitrogen and oxygen atoms in total. The largest absolute Gasteiger partial charge is 0.478 e. The Morgan fingerprint density at radius 1 is 0.693 bits per heavy atom. The summed E-state index contributed by atoms with van der Waals surface area (Å²) >= 11 is 0. The van der Waals surface area contributed by atoms with Gasteiger partial charge in [0.05, 0.1) is 37.3 Å². The third-order valence-electron chi connectivity index (χ3n) is 11.8. The van der Waals surface area contributed by atoms with Gasteiger partial charge >= 0.3 is 12.1 Å². The number of carbonyl (C=O) groups is 9. The summed E-state index contributed by atoms with van der Waals surface area (Å²) in [5, 5.41) is 44.1. The quantitative estimate of drug-likeness (QED) is 0.0119. The van der Waals surface area contributed by atoms with Crippen molar-refractivity contribution < 1.29 is 71.6 Å². The number of hydrogen-bond donors (Lipinski definition) is 17. The van der Waals surface area contributed by atoms with Crippen molar-refractivity contribution in [2.75, 3.05) is 52.4 Å². The van der Waals surface area contributed by atoms with Crippen molar-refractivity contribution >= 4 is 59.1 Å². The number of carboxylic acid groups (broad SMARTS) is 1. The third kappa shape index (κ3) is 25.3. The molecule has 1 saturated heterocycles. The van der Waals surface area contributed by atoms with Crippen LogP contribution in [0.2, 0.25) is 0 Å². The van der Waals surface area contributed by atoms with E-state index in [4.69, 9.17) is 45.9 Å². The first-order valence-electron chi connectivity index (χ1n) is 24.6. The number of rotatable bonds is 37. The van der Waals surface area contributed by atoms with E-state index >= 15 is 0 Å². The van der Waals surface area contributed by atoms with E-state index in [1.807, 2.05) is 0 Å². The maximum Gasteiger partial charge on any atom is 0.391 e. The zero-order valence-electron chi connectivity index (χ0n) is 42.0. The second-order valence-corrected chi connectivity index (χ2v) is 17.8. The first kappa shape index (κ1) is 66.9. The number of nitrogens with one attached hydrogen (secondary N) is 6. The van der Waals surface area contributed by atoms with Gasteiger partial charge in [0.15, 0.2) is 11.7 Å². The van der Waals surface area contributed by atoms with Crippen molar-refractivity contribution in [3.63, 3.8) is 0 Å². The van der Waals surface area contributed by atoms with Gasteiger partial charge in [-0.2, -0.15) is 13.2 Å². The summed E-state index contributed by atoms with van der Waals surface area (Å²) in [6.07, 6.45) is -7.93. The molecule has 0 unspecified atom stereocenters. The molecule has 0 aliphatic carbocycles. The topological polar surface area (TPSA) is 510 Å². The van der Waals surface area contributed by atoms with E-state index in [1.165, 1.54) is 6.08 Å². The van der Waals surface area contributed by atoms with Crippen LogP contribution in [0.4, 0.5) is 13.2 Å². The molecule has 0 bridgehead atoms. The molecule has 0 saturated carbocycles. The number of Topliss-reactive ketones (excluding diaryl/α,β-unsaturated/α-hetero) is 1. The number of halogens is 3. The number of aliphatic hydroxyl groups is 2. The van der Waals surface area contributed by atoms with E-state index in [-0.39, 0.29) is 95.5 Å². The number of unbranched alkanes of at least 4 members (excludes halogenated alkanes) is 2. The van der Waals surface area contributed by atoms with Crippen LogP contribution in [0.15, 0.2) is 16.6 Å². The van der Waals surface area contributed by atoms with E-state index in [0.29, 0.717) is 25.8 Å². The number of carbonyl (C=O) groups excluding carboxylic acids is 8. The minimum atomic E-state index is -5.04. The second kappa shape index (κ2) is 35.2. The van der Waals surface area contributed by atoms with Gasteiger partial charge in [-0.25, -0.2) is 4.79 Å². The van der Waals surface area contributed by atoms with Gasteiger partial charge < -0.3 is 98.0 Å². The Balaban J connectivity index is 3.25. The molecule has 1 aliphatic rings. The molecule has 0 radical (unpaired) electrons. The van der Waals surface area contributed by atoms with Gasteiger partial charge in [0.1, 0.15) is 30.2 Å². The Hall–Kier alpha value is -6.09. The van der Waals surface area contributed by atoms with Crippen molar-refractivity contribution in [3.05, 3.63) is 11.6 Å². The fourth-order valence-electron chi connectivity index (χ4n) is 7.64. The molecule has 0 aromatic rings. The van der Waals surface area contributed by atoms with Crippen molar-refractivity contribution in [1.29, 1.82) is 0 Å². The number of aliphatic hydroxyl groups excluding tert-OH is 2. The monoisotopic (exact) mass is 1080 g/mol. The van der Waals surface area contributed by atoms with Crippen molar-refractivity contribution in [3.8, 4) is 0 Å². The Morgan fingerprint density at radius 2 is 1.27 bits per heavy atom. The Labute approximate surface area is 432 Å². The molecule has 9 atom stereocenters. The molecule has 428 valence electrons. The summed E-state index contributed by atoms with van der Waals surface area (Å²) in [7, 11) is 0. The fourth-order valence-corrected chi connectivity index (χ4v) is 7.64. The zero-order chi connectivity index (χ0) is 56.8. The number of alkyl halides is 3. The lowest BCUT2D eigenvalue weighted by Crippen LogP contribution is -2.63. The molecule has 7 amide bonds. The first-order chi connectivity index (χ1) is 35.3. The van der Waals surface area contributed by atoms with Crippen molar-refractivity contribution in [2.45, 2.75) is 151 Å². The van der Waals surface area contributed by atoms with Gasteiger partial charge in [-0.3, -0.25) is 43.3 Å². The number of ketones is 1. The summed E-state index contributed by atoms with van der Waals surface area (Å²) < 4.78 is 42.0. The van der Waals surface area contributed by atoms with Crippen molar-refractivity contribution in [2.24, 2.45) is 50.9 Å². The van der Waals surface area contributed by atoms with Crippen LogP contribution in [0.3, 0.4) is 0 Å². The SMILES string of the molecule is NCCCC[C@H](NC(=O)[C@H](CC(F)(F)F)NC(=O)[C@@H]1CCCN1C(=O)[C@@H](CCCN)NC(=O)CNC(=O)[C@@H](NC(=O)[C@@H](NC(=O)[C@@H](N)CCCCN)[C@@H](O)CN)[C@@H](O)CN)C(=O)CC/C(=C\CCN=C(N)N)C(=O)O. The number of guanidine groups is 1. The highest BCUT2D eigenvalue weighted by Crippen LogP contribution is 2.24. The van der Waals surface area contributed by atoms with Gasteiger partial charge in [-0.05, 0) is 90.3 Å². The molecule has 1 rings (SSSR count). The molecular weight excluding hydrogens is 1000 g/mol. The minimum absolute atomic E-state index is 0.0151. The van der Waals surface area contributed by atoms with E-state index in [0.717, 1.165) is 4.90 Å². The zero-order valence-corrected chi connectivity index (χ0v) is 42.0. The Kier molecular flexibility index (Phi) is 31.4. The van der Waals surface area contributed by atoms with Crippen LogP contribution >= 0.6 is 0 Å². The summed E-state index contributed by atoms with van der Waals surface area (Å²) in [6, 6.07) is -11.3. The molecule has 1 aliphatic heterocycles. The molecule has 0 aromatic carbocycles. The lowest BCUT2D eigenvalue weighted by Gasteiger charge is -2.30. The lowest BCUT2D eigenvalue weighted by atomic mass is 9.98. The van der Waals surface area contributed by atoms with E-state index < -0.39 is 146 Å². The maximum atomic E-state index is 14.0. The van der Waals surface area contributed by atoms with Crippen LogP contribution in [-0.2, 0) is 43.2 Å². The summed E-state index contributed by atoms with van der Waals surface area (Å²) in [5.41, 5.74) is 44.1. The normalized spacial score (nSPS) is 16.9. The predicted octanol–water partition coefficient (Wildman–Crippen LogP) is -6.54. The van der Waals surface area contributed by atoms with Crippen LogP contribution in [-0.4, -0.2) is 192 Å². The van der Waals surface area contributed by atoms with E-state index in [2.05, 4.69) is 36.9 Å². The number of nitrogens with zero attached hydrogens (tertiary/aromatic N) is 2. The number of carboxylic acids is 1. The number of aliphatic carboxylic acids is 1. The van der Waals surface area contributed by atoms with Crippen LogP contribution in [0, 0.1) is 0 Å². The lowest BCUT2D eigenvalue weighted by molar-refractivity contribution is -0.153. The van der Waals surface area contributed by atoms with Gasteiger partial charge in [0.25, 0.3) is 0 Å². The van der Waals surface area contributed by atoms with Gasteiger partial charge in [-0.1, -0.05) is 12.5 Å². The molecule has 31 heteroatoms. The summed E-state index contributed by atoms with van der Waals surface area (Å²) in [5.74, 6) is -9.91. The van der Waals surface area contributed by atoms with Gasteiger partial charge in [-0.15, -0.1) is 0 Å². The number of amides is 7. The van der Waals surface area contributed by atoms with Gasteiger partial charge in [0, 0.05) is 38.2 Å².